The van der Waals surface area contributed by atoms with E-state index in [9.17, 15) is 9.90 Å². The summed E-state index contributed by atoms with van der Waals surface area (Å²) < 4.78 is 0. The van der Waals surface area contributed by atoms with Gasteiger partial charge in [0.15, 0.2) is 0 Å². The molecule has 1 N–H and O–H groups in total. The highest BCUT2D eigenvalue weighted by atomic mass is 16.3. The third-order valence-corrected chi connectivity index (χ3v) is 5.37. The lowest BCUT2D eigenvalue weighted by Crippen LogP contribution is -2.57. The van der Waals surface area contributed by atoms with E-state index in [1.54, 1.807) is 0 Å². The number of piperazine rings is 1. The van der Waals surface area contributed by atoms with Gasteiger partial charge in [-0.25, -0.2) is 0 Å². The second-order valence-electron chi connectivity index (χ2n) is 7.25. The minimum absolute atomic E-state index is 0.279. The zero-order chi connectivity index (χ0) is 16.4. The van der Waals surface area contributed by atoms with E-state index >= 15 is 0 Å². The average molecular weight is 316 g/mol. The molecule has 1 amide bonds. The highest BCUT2D eigenvalue weighted by Crippen LogP contribution is 2.45. The number of hydrogen-bond donors (Lipinski definition) is 1. The molecule has 1 aliphatic heterocycles. The molecular formula is C19H28N2O2. The van der Waals surface area contributed by atoms with Crippen LogP contribution in [-0.2, 0) is 10.2 Å². The van der Waals surface area contributed by atoms with Gasteiger partial charge in [0.05, 0.1) is 11.5 Å². The zero-order valence-corrected chi connectivity index (χ0v) is 14.3. The summed E-state index contributed by atoms with van der Waals surface area (Å²) in [6.45, 7) is 7.89. The van der Waals surface area contributed by atoms with Gasteiger partial charge in [-0.15, -0.1) is 0 Å². The number of aryl methyl sites for hydroxylation is 1. The van der Waals surface area contributed by atoms with Gasteiger partial charge >= 0.3 is 0 Å². The van der Waals surface area contributed by atoms with Crippen LogP contribution in [0.25, 0.3) is 0 Å². The molecular weight excluding hydrogens is 288 g/mol. The number of aliphatic hydroxyl groups excluding tert-OH is 1. The summed E-state index contributed by atoms with van der Waals surface area (Å²) in [6.07, 6.45) is 2.79. The fraction of sp³-hybridized carbons (Fsp3) is 0.632. The minimum Gasteiger partial charge on any atom is -0.392 e. The molecule has 4 nitrogen and oxygen atoms in total. The van der Waals surface area contributed by atoms with Gasteiger partial charge in [0.25, 0.3) is 0 Å². The van der Waals surface area contributed by atoms with Crippen LogP contribution in [0, 0.1) is 6.92 Å². The van der Waals surface area contributed by atoms with Crippen LogP contribution >= 0.6 is 0 Å². The fourth-order valence-electron chi connectivity index (χ4n) is 3.91. The molecule has 126 valence electrons. The Morgan fingerprint density at radius 3 is 2.48 bits per heavy atom. The Balaban J connectivity index is 1.70. The topological polar surface area (TPSA) is 43.8 Å². The maximum atomic E-state index is 13.2. The van der Waals surface area contributed by atoms with Crippen molar-refractivity contribution in [2.75, 3.05) is 32.7 Å². The Morgan fingerprint density at radius 2 is 1.96 bits per heavy atom. The van der Waals surface area contributed by atoms with E-state index < -0.39 is 0 Å². The molecule has 1 saturated heterocycles. The normalized spacial score (nSPS) is 22.5. The minimum atomic E-state index is -0.303. The molecule has 1 atom stereocenters. The van der Waals surface area contributed by atoms with Gasteiger partial charge in [0.2, 0.25) is 5.91 Å². The number of hydrogen-bond acceptors (Lipinski definition) is 3. The number of aliphatic hydroxyl groups is 1. The molecule has 1 aliphatic carbocycles. The predicted molar refractivity (Wildman–Crippen MR) is 91.4 cm³/mol. The van der Waals surface area contributed by atoms with Crippen molar-refractivity contribution in [2.45, 2.75) is 44.6 Å². The van der Waals surface area contributed by atoms with Gasteiger partial charge in [-0.1, -0.05) is 36.2 Å². The van der Waals surface area contributed by atoms with Crippen molar-refractivity contribution in [1.82, 2.24) is 9.80 Å². The van der Waals surface area contributed by atoms with Crippen molar-refractivity contribution in [3.8, 4) is 0 Å². The maximum absolute atomic E-state index is 13.2. The summed E-state index contributed by atoms with van der Waals surface area (Å²) >= 11 is 0. The Bertz CT molecular complexity index is 558. The SMILES string of the molecule is Cc1cccc(C2(C(=O)N3CCN(C[C@H](C)O)CC3)CCC2)c1. The summed E-state index contributed by atoms with van der Waals surface area (Å²) in [7, 11) is 0. The molecule has 1 saturated carbocycles. The van der Waals surface area contributed by atoms with Crippen molar-refractivity contribution >= 4 is 5.91 Å². The smallest absolute Gasteiger partial charge is 0.233 e. The van der Waals surface area contributed by atoms with E-state index in [0.717, 1.165) is 45.4 Å². The summed E-state index contributed by atoms with van der Waals surface area (Å²) in [5.41, 5.74) is 2.14. The number of nitrogens with zero attached hydrogens (tertiary/aromatic N) is 2. The van der Waals surface area contributed by atoms with Crippen LogP contribution in [0.15, 0.2) is 24.3 Å². The maximum Gasteiger partial charge on any atom is 0.233 e. The molecule has 0 bridgehead atoms. The highest BCUT2D eigenvalue weighted by Gasteiger charge is 2.47. The first kappa shape index (κ1) is 16.5. The van der Waals surface area contributed by atoms with Crippen LogP contribution in [0.5, 0.6) is 0 Å². The molecule has 0 aromatic heterocycles. The Hall–Kier alpha value is -1.39. The van der Waals surface area contributed by atoms with Crippen molar-refractivity contribution in [1.29, 1.82) is 0 Å². The van der Waals surface area contributed by atoms with Gasteiger partial charge in [-0.3, -0.25) is 9.69 Å². The van der Waals surface area contributed by atoms with Crippen LogP contribution in [0.3, 0.4) is 0 Å². The van der Waals surface area contributed by atoms with Crippen LogP contribution in [0.2, 0.25) is 0 Å². The second kappa shape index (κ2) is 6.62. The first-order valence-electron chi connectivity index (χ1n) is 8.78. The Morgan fingerprint density at radius 1 is 1.26 bits per heavy atom. The molecule has 1 aromatic carbocycles. The molecule has 1 heterocycles. The van der Waals surface area contributed by atoms with E-state index in [4.69, 9.17) is 0 Å². The molecule has 3 rings (SSSR count). The van der Waals surface area contributed by atoms with Crippen LogP contribution in [0.1, 0.15) is 37.3 Å². The lowest BCUT2D eigenvalue weighted by atomic mass is 9.63. The third kappa shape index (κ3) is 3.29. The zero-order valence-electron chi connectivity index (χ0n) is 14.3. The van der Waals surface area contributed by atoms with E-state index in [-0.39, 0.29) is 11.5 Å². The van der Waals surface area contributed by atoms with Gasteiger partial charge < -0.3 is 10.0 Å². The first-order chi connectivity index (χ1) is 11.0. The van der Waals surface area contributed by atoms with Crippen LogP contribution in [-0.4, -0.2) is 59.6 Å². The van der Waals surface area contributed by atoms with Crippen molar-refractivity contribution in [3.63, 3.8) is 0 Å². The fourth-order valence-corrected chi connectivity index (χ4v) is 3.91. The lowest BCUT2D eigenvalue weighted by molar-refractivity contribution is -0.142. The van der Waals surface area contributed by atoms with Crippen LogP contribution in [0.4, 0.5) is 0 Å². The van der Waals surface area contributed by atoms with Crippen molar-refractivity contribution in [3.05, 3.63) is 35.4 Å². The summed E-state index contributed by atoms with van der Waals surface area (Å²) in [5.74, 6) is 0.311. The summed E-state index contributed by atoms with van der Waals surface area (Å²) in [5, 5.41) is 9.51. The van der Waals surface area contributed by atoms with Crippen LogP contribution < -0.4 is 0 Å². The number of rotatable bonds is 4. The summed E-state index contributed by atoms with van der Waals surface area (Å²) in [4.78, 5) is 17.5. The van der Waals surface area contributed by atoms with Crippen molar-refractivity contribution < 1.29 is 9.90 Å². The largest absolute Gasteiger partial charge is 0.392 e. The molecule has 23 heavy (non-hydrogen) atoms. The summed E-state index contributed by atoms with van der Waals surface area (Å²) in [6, 6.07) is 8.46. The number of amides is 1. The molecule has 1 aromatic rings. The van der Waals surface area contributed by atoms with Gasteiger partial charge in [-0.05, 0) is 32.3 Å². The van der Waals surface area contributed by atoms with E-state index in [2.05, 4.69) is 36.1 Å². The molecule has 0 radical (unpaired) electrons. The monoisotopic (exact) mass is 316 g/mol. The van der Waals surface area contributed by atoms with Gasteiger partial charge in [0, 0.05) is 32.7 Å². The number of carbonyl (C=O) groups excluding carboxylic acids is 1. The molecule has 0 spiro atoms. The van der Waals surface area contributed by atoms with Gasteiger partial charge in [-0.2, -0.15) is 0 Å². The second-order valence-corrected chi connectivity index (χ2v) is 7.25. The molecule has 2 fully saturated rings. The highest BCUT2D eigenvalue weighted by molar-refractivity contribution is 5.89. The number of β-amino-alcohol motifs (C(OH)–C–C–N with tert-alkyl or cyclic N) is 1. The molecule has 0 unspecified atom stereocenters. The Kier molecular flexibility index (Phi) is 4.74. The first-order valence-corrected chi connectivity index (χ1v) is 8.78. The average Bonchev–Trinajstić information content (AvgIpc) is 2.46. The van der Waals surface area contributed by atoms with E-state index in [1.165, 1.54) is 11.1 Å². The number of carbonyl (C=O) groups is 1. The number of benzene rings is 1. The van der Waals surface area contributed by atoms with E-state index in [1.807, 2.05) is 11.8 Å². The predicted octanol–water partition coefficient (Wildman–Crippen LogP) is 1.94. The molecule has 2 aliphatic rings. The molecule has 4 heteroatoms. The van der Waals surface area contributed by atoms with Gasteiger partial charge in [0.1, 0.15) is 0 Å². The quantitative estimate of drug-likeness (QED) is 0.923. The Labute approximate surface area is 139 Å². The third-order valence-electron chi connectivity index (χ3n) is 5.37. The lowest BCUT2D eigenvalue weighted by Gasteiger charge is -2.46. The standard InChI is InChI=1S/C19H28N2O2/c1-15-5-3-6-17(13-15)19(7-4-8-19)18(23)21-11-9-20(10-12-21)14-16(2)22/h3,5-6,13,16,22H,4,7-12,14H2,1-2H3/t16-/m0/s1. The van der Waals surface area contributed by atoms with E-state index in [0.29, 0.717) is 12.5 Å². The van der Waals surface area contributed by atoms with Crippen molar-refractivity contribution in [2.24, 2.45) is 0 Å².